The van der Waals surface area contributed by atoms with Crippen molar-refractivity contribution in [1.29, 1.82) is 5.41 Å². The molecule has 0 saturated carbocycles. The van der Waals surface area contributed by atoms with Gasteiger partial charge in [0, 0.05) is 5.90 Å². The molecule has 12 heavy (non-hydrogen) atoms. The van der Waals surface area contributed by atoms with Crippen molar-refractivity contribution in [3.8, 4) is 0 Å². The molecule has 0 fully saturated rings. The zero-order valence-electron chi connectivity index (χ0n) is 7.89. The van der Waals surface area contributed by atoms with Gasteiger partial charge in [-0.3, -0.25) is 0 Å². The molecule has 3 nitrogen and oxygen atoms in total. The molecule has 4 heteroatoms. The van der Waals surface area contributed by atoms with Gasteiger partial charge in [-0.05, 0) is 12.5 Å². The highest BCUT2D eigenvalue weighted by atomic mass is 35.5. The van der Waals surface area contributed by atoms with Crippen molar-refractivity contribution < 1.29 is 9.59 Å². The van der Waals surface area contributed by atoms with Crippen LogP contribution < -0.4 is 5.11 Å². The second-order valence-electron chi connectivity index (χ2n) is 3.63. The summed E-state index contributed by atoms with van der Waals surface area (Å²) in [5.74, 6) is -0.517. The molecule has 0 heterocycles. The van der Waals surface area contributed by atoms with Crippen LogP contribution in [0.3, 0.4) is 0 Å². The number of rotatable bonds is 4. The maximum atomic E-state index is 10.5. The average Bonchev–Trinajstić information content (AvgIpc) is 1.53. The highest BCUT2D eigenvalue weighted by Crippen LogP contribution is 2.00. The number of quaternary nitrogens is 1. The number of hydrogen-bond donors (Lipinski definition) is 1. The van der Waals surface area contributed by atoms with Crippen molar-refractivity contribution >= 4 is 18.3 Å². The number of nitrogens with one attached hydrogen (secondary N) is 1. The van der Waals surface area contributed by atoms with E-state index in [-0.39, 0.29) is 19.0 Å². The normalized spacial score (nSPS) is 10.2. The molecule has 0 saturated heterocycles. The third kappa shape index (κ3) is 7.57. The Balaban J connectivity index is 0. The zero-order chi connectivity index (χ0) is 9.07. The molecule has 0 bridgehead atoms. The van der Waals surface area contributed by atoms with E-state index in [4.69, 9.17) is 5.41 Å². The minimum Gasteiger partial charge on any atom is -0.858 e. The van der Waals surface area contributed by atoms with Crippen LogP contribution in [-0.2, 0) is 0 Å². The van der Waals surface area contributed by atoms with Gasteiger partial charge in [-0.15, -0.1) is 12.4 Å². The van der Waals surface area contributed by atoms with E-state index in [0.717, 1.165) is 12.1 Å². The van der Waals surface area contributed by atoms with Crippen LogP contribution in [0, 0.1) is 5.41 Å². The Kier molecular flexibility index (Phi) is 6.03. The first kappa shape index (κ1) is 14.0. The van der Waals surface area contributed by atoms with E-state index < -0.39 is 5.90 Å². The first-order chi connectivity index (χ1) is 4.83. The lowest BCUT2D eigenvalue weighted by atomic mass is 10.3. The molecule has 0 aromatic carbocycles. The quantitative estimate of drug-likeness (QED) is 0.298. The van der Waals surface area contributed by atoms with E-state index in [0.29, 0.717) is 4.48 Å². The van der Waals surface area contributed by atoms with Gasteiger partial charge in [0.2, 0.25) is 0 Å². The topological polar surface area (TPSA) is 46.9 Å². The van der Waals surface area contributed by atoms with Crippen LogP contribution >= 0.6 is 12.4 Å². The van der Waals surface area contributed by atoms with Crippen molar-refractivity contribution in [2.24, 2.45) is 0 Å². The molecule has 0 radical (unpaired) electrons. The predicted octanol–water partition coefficient (Wildman–Crippen LogP) is 0.398. The summed E-state index contributed by atoms with van der Waals surface area (Å²) in [6.45, 7) is 6.70. The summed E-state index contributed by atoms with van der Waals surface area (Å²) in [5.41, 5.74) is 1.04. The molecular formula is C8H17ClN2O. The summed E-state index contributed by atoms with van der Waals surface area (Å²) in [6.07, 6.45) is 0. The van der Waals surface area contributed by atoms with Gasteiger partial charge >= 0.3 is 0 Å². The first-order valence-corrected chi connectivity index (χ1v) is 3.54. The summed E-state index contributed by atoms with van der Waals surface area (Å²) in [6, 6.07) is 0. The number of halogens is 1. The minimum atomic E-state index is -0.517. The second kappa shape index (κ2) is 5.17. The Morgan fingerprint density at radius 3 is 2.08 bits per heavy atom. The van der Waals surface area contributed by atoms with E-state index in [1.165, 1.54) is 0 Å². The van der Waals surface area contributed by atoms with Gasteiger partial charge in [-0.25, -0.2) is 0 Å². The van der Waals surface area contributed by atoms with Crippen molar-refractivity contribution in [2.75, 3.05) is 27.2 Å². The number of hydrogen-bond acceptors (Lipinski definition) is 2. The van der Waals surface area contributed by atoms with Crippen LogP contribution in [0.2, 0.25) is 0 Å². The van der Waals surface area contributed by atoms with Gasteiger partial charge < -0.3 is 15.0 Å². The van der Waals surface area contributed by atoms with Gasteiger partial charge in [0.15, 0.2) is 0 Å². The third-order valence-electron chi connectivity index (χ3n) is 1.27. The van der Waals surface area contributed by atoms with Crippen molar-refractivity contribution in [3.05, 3.63) is 12.2 Å². The highest BCUT2D eigenvalue weighted by Gasteiger charge is 2.13. The SMILES string of the molecule is C=C(C)C[N+](C)(C)CC(=N)[O-].Cl. The van der Waals surface area contributed by atoms with Crippen LogP contribution in [0.1, 0.15) is 6.92 Å². The lowest BCUT2D eigenvalue weighted by Gasteiger charge is -2.31. The fourth-order valence-corrected chi connectivity index (χ4v) is 1.18. The molecule has 0 aromatic heterocycles. The van der Waals surface area contributed by atoms with Crippen molar-refractivity contribution in [3.63, 3.8) is 0 Å². The Labute approximate surface area is 80.2 Å². The van der Waals surface area contributed by atoms with E-state index in [9.17, 15) is 5.11 Å². The van der Waals surface area contributed by atoms with E-state index in [1.54, 1.807) is 0 Å². The molecule has 0 rings (SSSR count). The van der Waals surface area contributed by atoms with Crippen molar-refractivity contribution in [1.82, 2.24) is 0 Å². The van der Waals surface area contributed by atoms with Gasteiger partial charge in [0.25, 0.3) is 0 Å². The predicted molar refractivity (Wildman–Crippen MR) is 51.6 cm³/mol. The minimum absolute atomic E-state index is 0. The Morgan fingerprint density at radius 1 is 1.42 bits per heavy atom. The molecule has 1 N–H and O–H groups in total. The zero-order valence-corrected chi connectivity index (χ0v) is 8.70. The van der Waals surface area contributed by atoms with E-state index >= 15 is 0 Å². The lowest BCUT2D eigenvalue weighted by molar-refractivity contribution is -0.878. The smallest absolute Gasteiger partial charge is 0.107 e. The van der Waals surface area contributed by atoms with Gasteiger partial charge in [0.1, 0.15) is 6.54 Å². The average molecular weight is 193 g/mol. The second-order valence-corrected chi connectivity index (χ2v) is 3.63. The lowest BCUT2D eigenvalue weighted by Crippen LogP contribution is -2.47. The van der Waals surface area contributed by atoms with Crippen molar-refractivity contribution in [2.45, 2.75) is 6.92 Å². The standard InChI is InChI=1S/C8H16N2O.ClH/c1-7(2)5-10(3,4)6-8(9)11;/h1,5-6H2,2-4H3,(H-,9,11);1H. The number of likely N-dealkylation sites (N-methyl/N-ethyl adjacent to an activating group) is 1. The van der Waals surface area contributed by atoms with Gasteiger partial charge in [0.05, 0.1) is 20.6 Å². The maximum Gasteiger partial charge on any atom is 0.107 e. The van der Waals surface area contributed by atoms with Crippen LogP contribution in [-0.4, -0.2) is 37.6 Å². The fraction of sp³-hybridized carbons (Fsp3) is 0.625. The molecule has 0 spiro atoms. The molecule has 72 valence electrons. The van der Waals surface area contributed by atoms with E-state index in [2.05, 4.69) is 6.58 Å². The summed E-state index contributed by atoms with van der Waals surface area (Å²) in [4.78, 5) is 0. The van der Waals surface area contributed by atoms with Crippen LogP contribution in [0.5, 0.6) is 0 Å². The first-order valence-electron chi connectivity index (χ1n) is 3.54. The molecular weight excluding hydrogens is 176 g/mol. The molecule has 0 aromatic rings. The van der Waals surface area contributed by atoms with Crippen LogP contribution in [0.25, 0.3) is 0 Å². The Hall–Kier alpha value is -0.540. The molecule has 0 unspecified atom stereocenters. The number of nitrogens with zero attached hydrogens (tertiary/aromatic N) is 1. The third-order valence-corrected chi connectivity index (χ3v) is 1.27. The molecule has 0 aliphatic rings. The largest absolute Gasteiger partial charge is 0.858 e. The maximum absolute atomic E-state index is 10.5. The summed E-state index contributed by atoms with van der Waals surface area (Å²) < 4.78 is 0.525. The van der Waals surface area contributed by atoms with Gasteiger partial charge in [-0.2, -0.15) is 0 Å². The van der Waals surface area contributed by atoms with E-state index in [1.807, 2.05) is 21.0 Å². The fourth-order valence-electron chi connectivity index (χ4n) is 1.18. The monoisotopic (exact) mass is 192 g/mol. The van der Waals surface area contributed by atoms with Crippen LogP contribution in [0.4, 0.5) is 0 Å². The van der Waals surface area contributed by atoms with Gasteiger partial charge in [-0.1, -0.05) is 6.58 Å². The molecule has 0 aliphatic heterocycles. The Morgan fingerprint density at radius 2 is 1.83 bits per heavy atom. The summed E-state index contributed by atoms with van der Waals surface area (Å²) in [7, 11) is 3.84. The highest BCUT2D eigenvalue weighted by molar-refractivity contribution is 5.85. The Bertz CT molecular complexity index is 160. The summed E-state index contributed by atoms with van der Waals surface area (Å²) in [5, 5.41) is 17.3. The molecule has 0 amide bonds. The molecule has 0 aliphatic carbocycles. The summed E-state index contributed by atoms with van der Waals surface area (Å²) >= 11 is 0. The van der Waals surface area contributed by atoms with Crippen LogP contribution in [0.15, 0.2) is 12.2 Å². The molecule has 0 atom stereocenters.